The lowest BCUT2D eigenvalue weighted by Gasteiger charge is -2.13. The van der Waals surface area contributed by atoms with Gasteiger partial charge in [0.25, 0.3) is 5.82 Å². The predicted octanol–water partition coefficient (Wildman–Crippen LogP) is 2.09. The Morgan fingerprint density at radius 3 is 2.78 bits per heavy atom. The summed E-state index contributed by atoms with van der Waals surface area (Å²) < 4.78 is 40.9. The van der Waals surface area contributed by atoms with E-state index < -0.39 is 12.0 Å². The fourth-order valence-corrected chi connectivity index (χ4v) is 2.13. The van der Waals surface area contributed by atoms with Gasteiger partial charge in [-0.3, -0.25) is 4.68 Å². The number of halogens is 3. The Balaban J connectivity index is 1.70. The second-order valence-corrected chi connectivity index (χ2v) is 5.22. The van der Waals surface area contributed by atoms with Crippen LogP contribution in [0.2, 0.25) is 0 Å². The average Bonchev–Trinajstić information content (AvgIpc) is 3.12. The maximum Gasteiger partial charge on any atom is 0.453 e. The molecular weight excluding hydrogens is 311 g/mol. The van der Waals surface area contributed by atoms with Crippen LogP contribution in [0, 0.1) is 5.92 Å². The van der Waals surface area contributed by atoms with Gasteiger partial charge in [-0.05, 0) is 24.1 Å². The van der Waals surface area contributed by atoms with Crippen molar-refractivity contribution in [3.8, 4) is 0 Å². The molecule has 1 N–H and O–H groups in total. The van der Waals surface area contributed by atoms with E-state index in [0.29, 0.717) is 23.4 Å². The Bertz CT molecular complexity index is 779. The monoisotopic (exact) mass is 325 g/mol. The first-order valence-electron chi connectivity index (χ1n) is 6.94. The first kappa shape index (κ1) is 15.3. The summed E-state index contributed by atoms with van der Waals surface area (Å²) in [4.78, 5) is 0. The van der Waals surface area contributed by atoms with Crippen LogP contribution in [0.15, 0.2) is 30.6 Å². The predicted molar refractivity (Wildman–Crippen MR) is 75.7 cm³/mol. The lowest BCUT2D eigenvalue weighted by atomic mass is 10.2. The molecular formula is C13H14F3N7. The number of hydrogen-bond acceptors (Lipinski definition) is 5. The molecule has 0 aliphatic rings. The van der Waals surface area contributed by atoms with Crippen molar-refractivity contribution in [2.45, 2.75) is 19.6 Å². The van der Waals surface area contributed by atoms with Gasteiger partial charge < -0.3 is 5.32 Å². The van der Waals surface area contributed by atoms with Crippen molar-refractivity contribution in [2.75, 3.05) is 11.9 Å². The highest BCUT2D eigenvalue weighted by Gasteiger charge is 2.37. The van der Waals surface area contributed by atoms with Crippen LogP contribution in [0.4, 0.5) is 19.0 Å². The van der Waals surface area contributed by atoms with Crippen LogP contribution in [-0.4, -0.2) is 36.1 Å². The van der Waals surface area contributed by atoms with E-state index >= 15 is 0 Å². The minimum atomic E-state index is -4.60. The summed E-state index contributed by atoms with van der Waals surface area (Å²) in [6.07, 6.45) is -1.05. The van der Waals surface area contributed by atoms with E-state index in [1.54, 1.807) is 16.9 Å². The Morgan fingerprint density at radius 1 is 1.26 bits per heavy atom. The maximum absolute atomic E-state index is 12.8. The van der Waals surface area contributed by atoms with Gasteiger partial charge in [-0.25, -0.2) is 0 Å². The molecule has 0 saturated carbocycles. The molecule has 3 aromatic heterocycles. The highest BCUT2D eigenvalue weighted by molar-refractivity contribution is 5.44. The number of nitrogens with one attached hydrogen (secondary N) is 1. The normalized spacial score (nSPS) is 13.4. The number of aromatic nitrogens is 6. The van der Waals surface area contributed by atoms with Gasteiger partial charge in [0.2, 0.25) is 0 Å². The molecule has 0 spiro atoms. The summed E-state index contributed by atoms with van der Waals surface area (Å²) in [6.45, 7) is 3.25. The number of anilines is 1. The molecule has 3 aromatic rings. The van der Waals surface area contributed by atoms with Crippen LogP contribution in [0.3, 0.4) is 0 Å². The Labute approximate surface area is 129 Å². The number of nitrogens with zero attached hydrogens (tertiary/aromatic N) is 6. The minimum Gasteiger partial charge on any atom is -0.368 e. The zero-order chi connectivity index (χ0) is 16.4. The lowest BCUT2D eigenvalue weighted by Crippen LogP contribution is -2.19. The van der Waals surface area contributed by atoms with Crippen LogP contribution >= 0.6 is 0 Å². The summed E-state index contributed by atoms with van der Waals surface area (Å²) in [7, 11) is 0. The Hall–Kier alpha value is -2.65. The van der Waals surface area contributed by atoms with Gasteiger partial charge in [0.1, 0.15) is 5.82 Å². The quantitative estimate of drug-likeness (QED) is 0.777. The summed E-state index contributed by atoms with van der Waals surface area (Å²) >= 11 is 0. The van der Waals surface area contributed by atoms with E-state index in [0.717, 1.165) is 0 Å². The summed E-state index contributed by atoms with van der Waals surface area (Å²) in [6, 6.07) is 4.85. The fourth-order valence-electron chi connectivity index (χ4n) is 2.13. The molecule has 0 unspecified atom stereocenters. The fraction of sp³-hybridized carbons (Fsp3) is 0.385. The SMILES string of the molecule is C[C@@H](CNc1ccc2nnc(C(F)(F)F)n2n1)Cn1cccn1. The van der Waals surface area contributed by atoms with Crippen molar-refractivity contribution in [1.82, 2.24) is 29.6 Å². The van der Waals surface area contributed by atoms with Crippen LogP contribution in [-0.2, 0) is 12.7 Å². The summed E-state index contributed by atoms with van der Waals surface area (Å²) in [5.74, 6) is -0.591. The van der Waals surface area contributed by atoms with Gasteiger partial charge in [0.05, 0.1) is 0 Å². The standard InChI is InChI=1S/C13H14F3N7/c1-9(8-22-6-2-5-18-22)7-17-10-3-4-11-19-20-12(13(14,15)16)23(11)21-10/h2-6,9H,7-8H2,1H3,(H,17,21)/t9-/m0/s1. The molecule has 3 heterocycles. The molecule has 1 atom stereocenters. The van der Waals surface area contributed by atoms with E-state index in [-0.39, 0.29) is 11.6 Å². The van der Waals surface area contributed by atoms with Gasteiger partial charge in [0, 0.05) is 25.5 Å². The van der Waals surface area contributed by atoms with Gasteiger partial charge in [-0.15, -0.1) is 15.3 Å². The van der Waals surface area contributed by atoms with Gasteiger partial charge in [-0.1, -0.05) is 6.92 Å². The lowest BCUT2D eigenvalue weighted by molar-refractivity contribution is -0.146. The van der Waals surface area contributed by atoms with Gasteiger partial charge >= 0.3 is 6.18 Å². The molecule has 122 valence electrons. The first-order chi connectivity index (χ1) is 10.9. The maximum atomic E-state index is 12.8. The van der Waals surface area contributed by atoms with Crippen molar-refractivity contribution < 1.29 is 13.2 Å². The molecule has 7 nitrogen and oxygen atoms in total. The molecule has 0 aromatic carbocycles. The largest absolute Gasteiger partial charge is 0.453 e. The molecule has 0 saturated heterocycles. The molecule has 23 heavy (non-hydrogen) atoms. The van der Waals surface area contributed by atoms with E-state index in [1.807, 2.05) is 19.2 Å². The Morgan fingerprint density at radius 2 is 2.09 bits per heavy atom. The van der Waals surface area contributed by atoms with Gasteiger partial charge in [-0.2, -0.15) is 22.8 Å². The van der Waals surface area contributed by atoms with Crippen molar-refractivity contribution in [3.63, 3.8) is 0 Å². The van der Waals surface area contributed by atoms with Gasteiger partial charge in [0.15, 0.2) is 5.65 Å². The van der Waals surface area contributed by atoms with Crippen molar-refractivity contribution in [1.29, 1.82) is 0 Å². The molecule has 0 aliphatic carbocycles. The molecule has 0 bridgehead atoms. The average molecular weight is 325 g/mol. The third kappa shape index (κ3) is 3.41. The van der Waals surface area contributed by atoms with E-state index in [4.69, 9.17) is 0 Å². The van der Waals surface area contributed by atoms with Crippen molar-refractivity contribution in [3.05, 3.63) is 36.4 Å². The number of rotatable bonds is 5. The molecule has 0 fully saturated rings. The molecule has 0 radical (unpaired) electrons. The van der Waals surface area contributed by atoms with Crippen molar-refractivity contribution in [2.24, 2.45) is 5.92 Å². The number of alkyl halides is 3. The second-order valence-electron chi connectivity index (χ2n) is 5.22. The van der Waals surface area contributed by atoms with E-state index in [2.05, 4.69) is 25.7 Å². The van der Waals surface area contributed by atoms with E-state index in [9.17, 15) is 13.2 Å². The van der Waals surface area contributed by atoms with Crippen molar-refractivity contribution >= 4 is 11.5 Å². The molecule has 0 aliphatic heterocycles. The van der Waals surface area contributed by atoms with E-state index in [1.165, 1.54) is 6.07 Å². The third-order valence-corrected chi connectivity index (χ3v) is 3.21. The summed E-state index contributed by atoms with van der Waals surface area (Å²) in [5, 5.41) is 17.6. The minimum absolute atomic E-state index is 0.0486. The second kappa shape index (κ2) is 5.86. The third-order valence-electron chi connectivity index (χ3n) is 3.21. The highest BCUT2D eigenvalue weighted by atomic mass is 19.4. The smallest absolute Gasteiger partial charge is 0.368 e. The number of hydrogen-bond donors (Lipinski definition) is 1. The van der Waals surface area contributed by atoms with Crippen LogP contribution in [0.5, 0.6) is 0 Å². The molecule has 0 amide bonds. The first-order valence-corrected chi connectivity index (χ1v) is 6.94. The zero-order valence-electron chi connectivity index (χ0n) is 12.2. The summed E-state index contributed by atoms with van der Waals surface area (Å²) in [5.41, 5.74) is 0.0486. The Kier molecular flexibility index (Phi) is 3.89. The zero-order valence-corrected chi connectivity index (χ0v) is 12.2. The molecule has 3 rings (SSSR count). The number of fused-ring (bicyclic) bond motifs is 1. The topological polar surface area (TPSA) is 72.9 Å². The van der Waals surface area contributed by atoms with Crippen LogP contribution in [0.1, 0.15) is 12.7 Å². The van der Waals surface area contributed by atoms with Crippen LogP contribution in [0.25, 0.3) is 5.65 Å². The molecule has 10 heteroatoms. The highest BCUT2D eigenvalue weighted by Crippen LogP contribution is 2.27. The van der Waals surface area contributed by atoms with Crippen LogP contribution < -0.4 is 5.32 Å².